The summed E-state index contributed by atoms with van der Waals surface area (Å²) in [5, 5.41) is 7.05. The molecule has 0 aliphatic rings. The molecule has 41 heavy (non-hydrogen) atoms. The molecule has 0 aliphatic carbocycles. The van der Waals surface area contributed by atoms with Crippen molar-refractivity contribution in [3.8, 4) is 11.4 Å². The summed E-state index contributed by atoms with van der Waals surface area (Å²) in [5.74, 6) is -0.292. The van der Waals surface area contributed by atoms with Crippen molar-refractivity contribution in [3.05, 3.63) is 64.3 Å². The first-order valence-electron chi connectivity index (χ1n) is 11.6. The van der Waals surface area contributed by atoms with Crippen molar-refractivity contribution in [3.63, 3.8) is 0 Å². The van der Waals surface area contributed by atoms with Crippen LogP contribution in [0.2, 0.25) is 5.15 Å². The standard InChI is InChI=1S/C25H17ClF6N6OS2/c1-23(2,3)12-4-5-16-15(9-12)33-22(39-16)41-20-34-17(26)10-18(35-20)40-21-36-19(37-38-21)11-6-13(24(27,28)29)8-14(7-11)25(30,31)32/h4-10H,1-3H3,(H,36,37,38). The highest BCUT2D eigenvalue weighted by Crippen LogP contribution is 2.39. The second kappa shape index (κ2) is 10.5. The van der Waals surface area contributed by atoms with Crippen LogP contribution >= 0.6 is 35.1 Å². The van der Waals surface area contributed by atoms with Crippen LogP contribution in [0.3, 0.4) is 0 Å². The van der Waals surface area contributed by atoms with Crippen LogP contribution in [0.4, 0.5) is 26.3 Å². The van der Waals surface area contributed by atoms with E-state index in [-0.39, 0.29) is 43.0 Å². The van der Waals surface area contributed by atoms with Crippen LogP contribution in [0.1, 0.15) is 37.5 Å². The number of hydrogen-bond donors (Lipinski definition) is 1. The second-order valence-electron chi connectivity index (χ2n) is 9.69. The van der Waals surface area contributed by atoms with Crippen LogP contribution in [0.5, 0.6) is 0 Å². The third-order valence-electron chi connectivity index (χ3n) is 5.59. The lowest BCUT2D eigenvalue weighted by Crippen LogP contribution is -2.11. The van der Waals surface area contributed by atoms with Crippen LogP contribution in [0.25, 0.3) is 22.5 Å². The molecule has 1 N–H and O–H groups in total. The lowest BCUT2D eigenvalue weighted by atomic mass is 9.87. The first-order chi connectivity index (χ1) is 19.0. The minimum Gasteiger partial charge on any atom is -0.431 e. The average molecular weight is 631 g/mol. The highest BCUT2D eigenvalue weighted by atomic mass is 35.5. The SMILES string of the molecule is CC(C)(C)c1ccc2oc(Sc3nc(Cl)cc(Sc4n[nH]c(-c5cc(C(F)(F)F)cc(C(F)(F)F)c5)n4)n3)nc2c1. The number of halogens is 7. The number of benzene rings is 2. The van der Waals surface area contributed by atoms with E-state index in [9.17, 15) is 26.3 Å². The molecule has 0 unspecified atom stereocenters. The van der Waals surface area contributed by atoms with Gasteiger partial charge in [-0.2, -0.15) is 26.3 Å². The summed E-state index contributed by atoms with van der Waals surface area (Å²) in [7, 11) is 0. The van der Waals surface area contributed by atoms with Gasteiger partial charge < -0.3 is 4.42 Å². The quantitative estimate of drug-likeness (QED) is 0.117. The summed E-state index contributed by atoms with van der Waals surface area (Å²) in [6, 6.07) is 8.29. The van der Waals surface area contributed by atoms with Gasteiger partial charge in [0, 0.05) is 23.4 Å². The van der Waals surface area contributed by atoms with Crippen molar-refractivity contribution >= 4 is 46.2 Å². The van der Waals surface area contributed by atoms with Crippen molar-refractivity contribution in [2.75, 3.05) is 0 Å². The van der Waals surface area contributed by atoms with E-state index in [2.05, 4.69) is 50.9 Å². The lowest BCUT2D eigenvalue weighted by Gasteiger charge is -2.18. The number of fused-ring (bicyclic) bond motifs is 1. The van der Waals surface area contributed by atoms with Gasteiger partial charge in [-0.1, -0.05) is 38.4 Å². The molecule has 0 aliphatic heterocycles. The molecule has 0 saturated carbocycles. The van der Waals surface area contributed by atoms with Crippen molar-refractivity contribution < 1.29 is 30.8 Å². The van der Waals surface area contributed by atoms with Gasteiger partial charge in [0.25, 0.3) is 5.22 Å². The zero-order valence-electron chi connectivity index (χ0n) is 21.1. The van der Waals surface area contributed by atoms with Crippen molar-refractivity contribution in [2.45, 2.75) is 59.1 Å². The number of aromatic nitrogens is 6. The molecular weight excluding hydrogens is 614 g/mol. The first-order valence-corrected chi connectivity index (χ1v) is 13.6. The number of nitrogens with one attached hydrogen (secondary N) is 1. The van der Waals surface area contributed by atoms with Gasteiger partial charge >= 0.3 is 12.4 Å². The molecule has 16 heteroatoms. The lowest BCUT2D eigenvalue weighted by molar-refractivity contribution is -0.143. The predicted octanol–water partition coefficient (Wildman–Crippen LogP) is 8.69. The molecule has 0 atom stereocenters. The Balaban J connectivity index is 1.39. The van der Waals surface area contributed by atoms with Gasteiger partial charge in [0.15, 0.2) is 16.6 Å². The highest BCUT2D eigenvalue weighted by Gasteiger charge is 2.37. The van der Waals surface area contributed by atoms with Gasteiger partial charge in [0.2, 0.25) is 5.16 Å². The topological polar surface area (TPSA) is 93.4 Å². The molecule has 0 bridgehead atoms. The maximum Gasteiger partial charge on any atom is 0.416 e. The van der Waals surface area contributed by atoms with Gasteiger partial charge in [-0.15, -0.1) is 5.10 Å². The van der Waals surface area contributed by atoms with E-state index in [1.54, 1.807) is 0 Å². The number of aromatic amines is 1. The number of oxazole rings is 1. The van der Waals surface area contributed by atoms with Gasteiger partial charge in [0.1, 0.15) is 15.7 Å². The summed E-state index contributed by atoms with van der Waals surface area (Å²) >= 11 is 8.05. The van der Waals surface area contributed by atoms with E-state index in [0.717, 1.165) is 29.1 Å². The minimum absolute atomic E-state index is 0.0201. The van der Waals surface area contributed by atoms with E-state index < -0.39 is 29.0 Å². The van der Waals surface area contributed by atoms with E-state index >= 15 is 0 Å². The molecule has 0 spiro atoms. The summed E-state index contributed by atoms with van der Waals surface area (Å²) in [6.07, 6.45) is -9.99. The van der Waals surface area contributed by atoms with E-state index in [0.29, 0.717) is 23.2 Å². The van der Waals surface area contributed by atoms with Gasteiger partial charge in [-0.05, 0) is 53.1 Å². The largest absolute Gasteiger partial charge is 0.431 e. The van der Waals surface area contributed by atoms with Gasteiger partial charge in [-0.3, -0.25) is 5.10 Å². The monoisotopic (exact) mass is 630 g/mol. The predicted molar refractivity (Wildman–Crippen MR) is 140 cm³/mol. The molecule has 2 aromatic carbocycles. The summed E-state index contributed by atoms with van der Waals surface area (Å²) < 4.78 is 85.3. The average Bonchev–Trinajstić information content (AvgIpc) is 3.47. The zero-order chi connectivity index (χ0) is 29.7. The third-order valence-corrected chi connectivity index (χ3v) is 7.28. The number of hydrogen-bond acceptors (Lipinski definition) is 8. The minimum atomic E-state index is -5.00. The maximum atomic E-state index is 13.2. The Morgan fingerprint density at radius 1 is 0.756 bits per heavy atom. The van der Waals surface area contributed by atoms with E-state index in [1.165, 1.54) is 6.07 Å². The Hall–Kier alpha value is -3.30. The molecule has 0 radical (unpaired) electrons. The zero-order valence-corrected chi connectivity index (χ0v) is 23.5. The fourth-order valence-corrected chi connectivity index (χ4v) is 5.37. The first kappa shape index (κ1) is 29.2. The Morgan fingerprint density at radius 2 is 1.44 bits per heavy atom. The molecule has 0 saturated heterocycles. The number of H-pyrrole nitrogens is 1. The fourth-order valence-electron chi connectivity index (χ4n) is 3.58. The molecule has 214 valence electrons. The van der Waals surface area contributed by atoms with Gasteiger partial charge in [0.05, 0.1) is 11.1 Å². The Morgan fingerprint density at radius 3 is 2.07 bits per heavy atom. The normalized spacial score (nSPS) is 12.8. The molecule has 0 amide bonds. The van der Waals surface area contributed by atoms with E-state index in [1.807, 2.05) is 18.2 Å². The maximum absolute atomic E-state index is 13.2. The highest BCUT2D eigenvalue weighted by molar-refractivity contribution is 7.99. The summed E-state index contributed by atoms with van der Waals surface area (Å²) in [4.78, 5) is 17.1. The molecule has 7 nitrogen and oxygen atoms in total. The van der Waals surface area contributed by atoms with E-state index in [4.69, 9.17) is 16.0 Å². The fraction of sp³-hybridized carbons (Fsp3) is 0.240. The van der Waals surface area contributed by atoms with Crippen LogP contribution < -0.4 is 0 Å². The Kier molecular flexibility index (Phi) is 7.49. The number of nitrogens with zero attached hydrogens (tertiary/aromatic N) is 5. The van der Waals surface area contributed by atoms with Crippen molar-refractivity contribution in [2.24, 2.45) is 0 Å². The molecule has 3 heterocycles. The number of rotatable bonds is 5. The molecule has 3 aromatic heterocycles. The number of alkyl halides is 6. The third kappa shape index (κ3) is 6.79. The second-order valence-corrected chi connectivity index (χ2v) is 12.0. The molecule has 5 rings (SSSR count). The molecule has 0 fully saturated rings. The van der Waals surface area contributed by atoms with Crippen LogP contribution in [0.15, 0.2) is 67.4 Å². The summed E-state index contributed by atoms with van der Waals surface area (Å²) in [6.45, 7) is 6.25. The van der Waals surface area contributed by atoms with Crippen LogP contribution in [0, 0.1) is 0 Å². The molecule has 5 aromatic rings. The van der Waals surface area contributed by atoms with Crippen molar-refractivity contribution in [1.29, 1.82) is 0 Å². The van der Waals surface area contributed by atoms with Crippen LogP contribution in [-0.2, 0) is 17.8 Å². The Bertz CT molecular complexity index is 1710. The van der Waals surface area contributed by atoms with Gasteiger partial charge in [-0.25, -0.2) is 19.9 Å². The molecular formula is C25H17ClF6N6OS2. The summed E-state index contributed by atoms with van der Waals surface area (Å²) in [5.41, 5.74) is -1.13. The van der Waals surface area contributed by atoms with Crippen molar-refractivity contribution in [1.82, 2.24) is 30.1 Å². The Labute approximate surface area is 241 Å². The van der Waals surface area contributed by atoms with Crippen LogP contribution in [-0.4, -0.2) is 30.1 Å². The smallest absolute Gasteiger partial charge is 0.416 e.